The molecule has 0 aromatic carbocycles. The molecule has 0 spiro atoms. The molecule has 2 heterocycles. The van der Waals surface area contributed by atoms with Gasteiger partial charge in [-0.1, -0.05) is 0 Å². The van der Waals surface area contributed by atoms with Gasteiger partial charge < -0.3 is 9.73 Å². The van der Waals surface area contributed by atoms with Gasteiger partial charge in [-0.2, -0.15) is 0 Å². The Balaban J connectivity index is 1.94. The summed E-state index contributed by atoms with van der Waals surface area (Å²) in [5.74, 6) is -0.0296. The van der Waals surface area contributed by atoms with Crippen LogP contribution in [-0.2, 0) is 6.54 Å². The molecule has 0 radical (unpaired) electrons. The van der Waals surface area contributed by atoms with Gasteiger partial charge in [-0.25, -0.2) is 0 Å². The summed E-state index contributed by atoms with van der Waals surface area (Å²) < 4.78 is 4.99. The zero-order valence-corrected chi connectivity index (χ0v) is 8.67. The summed E-state index contributed by atoms with van der Waals surface area (Å²) in [5.41, 5.74) is 0.958. The molecule has 0 bridgehead atoms. The summed E-state index contributed by atoms with van der Waals surface area (Å²) >= 11 is 0. The number of amides is 1. The van der Waals surface area contributed by atoms with E-state index >= 15 is 0 Å². The number of nitrogens with zero attached hydrogens (tertiary/aromatic N) is 3. The summed E-state index contributed by atoms with van der Waals surface area (Å²) in [6.45, 7) is 2.04. The van der Waals surface area contributed by atoms with E-state index in [2.05, 4.69) is 20.5 Å². The normalized spacial score (nSPS) is 10.1. The number of nitrogens with one attached hydrogen (secondary N) is 1. The summed E-state index contributed by atoms with van der Waals surface area (Å²) in [7, 11) is 0. The van der Waals surface area contributed by atoms with Crippen molar-refractivity contribution in [1.82, 2.24) is 20.5 Å². The molecule has 1 amide bonds. The van der Waals surface area contributed by atoms with E-state index in [-0.39, 0.29) is 11.8 Å². The lowest BCUT2D eigenvalue weighted by Crippen LogP contribution is -2.23. The van der Waals surface area contributed by atoms with Crippen LogP contribution in [0.5, 0.6) is 0 Å². The van der Waals surface area contributed by atoms with Gasteiger partial charge >= 0.3 is 11.8 Å². The molecule has 6 heteroatoms. The number of pyridine rings is 1. The monoisotopic (exact) mass is 218 g/mol. The number of hydrogen-bond acceptors (Lipinski definition) is 5. The van der Waals surface area contributed by atoms with Crippen LogP contribution in [0.25, 0.3) is 0 Å². The van der Waals surface area contributed by atoms with Crippen molar-refractivity contribution in [1.29, 1.82) is 0 Å². The van der Waals surface area contributed by atoms with Crippen LogP contribution in [0.1, 0.15) is 22.1 Å². The van der Waals surface area contributed by atoms with Crippen molar-refractivity contribution in [3.8, 4) is 0 Å². The van der Waals surface area contributed by atoms with E-state index in [4.69, 9.17) is 4.42 Å². The highest BCUT2D eigenvalue weighted by Crippen LogP contribution is 1.99. The lowest BCUT2D eigenvalue weighted by Gasteiger charge is -2.01. The van der Waals surface area contributed by atoms with Gasteiger partial charge in [-0.3, -0.25) is 9.78 Å². The van der Waals surface area contributed by atoms with Crippen LogP contribution >= 0.6 is 0 Å². The van der Waals surface area contributed by atoms with E-state index < -0.39 is 0 Å². The van der Waals surface area contributed by atoms with Gasteiger partial charge in [0.2, 0.25) is 5.89 Å². The molecule has 2 aromatic heterocycles. The molecule has 0 aliphatic carbocycles. The van der Waals surface area contributed by atoms with Crippen LogP contribution in [-0.4, -0.2) is 21.1 Å². The number of carbonyl (C=O) groups excluding carboxylic acids is 1. The SMILES string of the molecule is Cc1nnc(C(=O)NCc2ccncc2)o1. The van der Waals surface area contributed by atoms with Crippen molar-refractivity contribution in [3.63, 3.8) is 0 Å². The molecule has 16 heavy (non-hydrogen) atoms. The first kappa shape index (κ1) is 10.3. The molecular weight excluding hydrogens is 208 g/mol. The second-order valence-electron chi connectivity index (χ2n) is 3.16. The van der Waals surface area contributed by atoms with Crippen molar-refractivity contribution in [3.05, 3.63) is 41.9 Å². The third kappa shape index (κ3) is 2.41. The third-order valence-electron chi connectivity index (χ3n) is 1.92. The molecular formula is C10H10N4O2. The van der Waals surface area contributed by atoms with Crippen molar-refractivity contribution in [2.75, 3.05) is 0 Å². The molecule has 6 nitrogen and oxygen atoms in total. The molecule has 82 valence electrons. The van der Waals surface area contributed by atoms with Crippen LogP contribution in [0.15, 0.2) is 28.9 Å². The van der Waals surface area contributed by atoms with E-state index in [0.29, 0.717) is 12.4 Å². The van der Waals surface area contributed by atoms with E-state index in [1.807, 2.05) is 12.1 Å². The van der Waals surface area contributed by atoms with Crippen molar-refractivity contribution >= 4 is 5.91 Å². The molecule has 1 N–H and O–H groups in total. The summed E-state index contributed by atoms with van der Waals surface area (Å²) in [4.78, 5) is 15.4. The van der Waals surface area contributed by atoms with Crippen molar-refractivity contribution in [2.45, 2.75) is 13.5 Å². The summed E-state index contributed by atoms with van der Waals surface area (Å²) in [6.07, 6.45) is 3.33. The highest BCUT2D eigenvalue weighted by Gasteiger charge is 2.12. The summed E-state index contributed by atoms with van der Waals surface area (Å²) in [5, 5.41) is 9.86. The Bertz CT molecular complexity index is 481. The fraction of sp³-hybridized carbons (Fsp3) is 0.200. The number of aromatic nitrogens is 3. The first-order chi connectivity index (χ1) is 7.75. The molecule has 0 saturated heterocycles. The van der Waals surface area contributed by atoms with Crippen LogP contribution in [0.3, 0.4) is 0 Å². The minimum absolute atomic E-state index is 0.0217. The predicted molar refractivity (Wildman–Crippen MR) is 54.4 cm³/mol. The standard InChI is InChI=1S/C10H10N4O2/c1-7-13-14-10(16-7)9(15)12-6-8-2-4-11-5-3-8/h2-5H,6H2,1H3,(H,12,15). The van der Waals surface area contributed by atoms with Crippen LogP contribution < -0.4 is 5.32 Å². The average molecular weight is 218 g/mol. The Morgan fingerprint density at radius 3 is 2.75 bits per heavy atom. The first-order valence-corrected chi connectivity index (χ1v) is 4.73. The lowest BCUT2D eigenvalue weighted by molar-refractivity contribution is 0.0915. The quantitative estimate of drug-likeness (QED) is 0.820. The zero-order chi connectivity index (χ0) is 11.4. The van der Waals surface area contributed by atoms with Gasteiger partial charge in [0.15, 0.2) is 0 Å². The van der Waals surface area contributed by atoms with Crippen molar-refractivity contribution in [2.24, 2.45) is 0 Å². The van der Waals surface area contributed by atoms with E-state index in [9.17, 15) is 4.79 Å². The first-order valence-electron chi connectivity index (χ1n) is 4.73. The van der Waals surface area contributed by atoms with Gasteiger partial charge in [0.05, 0.1) is 0 Å². The van der Waals surface area contributed by atoms with Gasteiger partial charge in [0.1, 0.15) is 0 Å². The van der Waals surface area contributed by atoms with E-state index in [1.54, 1.807) is 19.3 Å². The second-order valence-corrected chi connectivity index (χ2v) is 3.16. The summed E-state index contributed by atoms with van der Waals surface area (Å²) in [6, 6.07) is 3.64. The Morgan fingerprint density at radius 2 is 2.12 bits per heavy atom. The van der Waals surface area contributed by atoms with E-state index in [0.717, 1.165) is 5.56 Å². The predicted octanol–water partition coefficient (Wildman–Crippen LogP) is 0.703. The Hall–Kier alpha value is -2.24. The molecule has 2 aromatic rings. The molecule has 0 fully saturated rings. The number of carbonyl (C=O) groups is 1. The molecule has 0 aliphatic rings. The van der Waals surface area contributed by atoms with Gasteiger partial charge in [0, 0.05) is 25.9 Å². The van der Waals surface area contributed by atoms with Crippen LogP contribution in [0.4, 0.5) is 0 Å². The minimum Gasteiger partial charge on any atom is -0.417 e. The van der Waals surface area contributed by atoms with Gasteiger partial charge in [-0.15, -0.1) is 10.2 Å². The zero-order valence-electron chi connectivity index (χ0n) is 8.67. The molecule has 0 aliphatic heterocycles. The maximum absolute atomic E-state index is 11.5. The fourth-order valence-electron chi connectivity index (χ4n) is 1.15. The maximum Gasteiger partial charge on any atom is 0.309 e. The number of hydrogen-bond donors (Lipinski definition) is 1. The number of aryl methyl sites for hydroxylation is 1. The fourth-order valence-corrected chi connectivity index (χ4v) is 1.15. The maximum atomic E-state index is 11.5. The molecule has 0 unspecified atom stereocenters. The molecule has 0 atom stereocenters. The lowest BCUT2D eigenvalue weighted by atomic mass is 10.3. The second kappa shape index (κ2) is 4.52. The molecule has 0 saturated carbocycles. The van der Waals surface area contributed by atoms with E-state index in [1.165, 1.54) is 0 Å². The topological polar surface area (TPSA) is 80.9 Å². The highest BCUT2D eigenvalue weighted by atomic mass is 16.4. The highest BCUT2D eigenvalue weighted by molar-refractivity contribution is 5.89. The number of rotatable bonds is 3. The Kier molecular flexibility index (Phi) is 2.90. The van der Waals surface area contributed by atoms with Gasteiger partial charge in [0.25, 0.3) is 0 Å². The molecule has 2 rings (SSSR count). The Morgan fingerprint density at radius 1 is 1.38 bits per heavy atom. The smallest absolute Gasteiger partial charge is 0.309 e. The average Bonchev–Trinajstić information content (AvgIpc) is 2.74. The van der Waals surface area contributed by atoms with Crippen LogP contribution in [0.2, 0.25) is 0 Å². The Labute approximate surface area is 91.7 Å². The minimum atomic E-state index is -0.377. The van der Waals surface area contributed by atoms with Gasteiger partial charge in [-0.05, 0) is 17.7 Å². The van der Waals surface area contributed by atoms with Crippen LogP contribution in [0, 0.1) is 6.92 Å². The largest absolute Gasteiger partial charge is 0.417 e. The van der Waals surface area contributed by atoms with Crippen molar-refractivity contribution < 1.29 is 9.21 Å². The third-order valence-corrected chi connectivity index (χ3v) is 1.92.